The minimum absolute atomic E-state index is 0.172. The third-order valence-electron chi connectivity index (χ3n) is 19.0. The predicted octanol–water partition coefficient (Wildman–Crippen LogP) is 18.1. The molecule has 0 radical (unpaired) electrons. The summed E-state index contributed by atoms with van der Waals surface area (Å²) in [5, 5.41) is 0. The van der Waals surface area contributed by atoms with Crippen LogP contribution in [0.4, 0.5) is 17.1 Å². The normalized spacial score (nSPS) is 28.3. The number of benzene rings is 8. The Morgan fingerprint density at radius 1 is 0.406 bits per heavy atom. The molecule has 69 heavy (non-hydrogen) atoms. The standard InChI is InChI=1S/C68H61N/c1-67(2)58-24-9-6-22-53(58)54-34-31-51(41-61(54)67)69(64-27-11-8-21-52(64)42-15-4-3-5-16-42)65-28-14-26-60-66(65)57-23-7-10-25-59(57)68(60)62-39-47(49-35-43-17-12-18-44(43)36-49)29-32-55(62)56-33-30-48(40-63(56)68)50-37-45-19-13-20-46(45)38-50/h3-11,14-16,21-34,39-41,43-46,49-50H,12-13,17-20,35-38H2,1-2H3/i49D,50D. The SMILES string of the molecule is [2H]C1(c2ccc3c(c2)C2(c4cc(C5([2H])CC6CCCC6C5)ccc4-3)c3ccccc3-c3c(N(c4ccc5c(c4)C(C)(C)c4ccccc4-5)c4ccccc4-c4ccccc4)cccc32)CC2CCCC2C1. The Kier molecular flexibility index (Phi) is 8.37. The zero-order chi connectivity index (χ0) is 47.4. The van der Waals surface area contributed by atoms with Crippen LogP contribution in [-0.4, -0.2) is 0 Å². The van der Waals surface area contributed by atoms with Gasteiger partial charge in [-0.05, 0) is 163 Å². The molecule has 7 aliphatic carbocycles. The lowest BCUT2D eigenvalue weighted by Crippen LogP contribution is -2.26. The molecule has 4 fully saturated rings. The summed E-state index contributed by atoms with van der Waals surface area (Å²) in [4.78, 5) is 2.58. The predicted molar refractivity (Wildman–Crippen MR) is 286 cm³/mol. The van der Waals surface area contributed by atoms with Crippen molar-refractivity contribution in [2.45, 2.75) is 101 Å². The summed E-state index contributed by atoms with van der Waals surface area (Å²) >= 11 is 0. The molecule has 4 unspecified atom stereocenters. The van der Waals surface area contributed by atoms with Crippen LogP contribution in [0.15, 0.2) is 176 Å². The fourth-order valence-electron chi connectivity index (χ4n) is 15.8. The van der Waals surface area contributed by atoms with E-state index in [0.29, 0.717) is 23.7 Å². The number of nitrogens with zero attached hydrogens (tertiary/aromatic N) is 1. The Bertz CT molecular complexity index is 3400. The number of hydrogen-bond donors (Lipinski definition) is 0. The van der Waals surface area contributed by atoms with Crippen molar-refractivity contribution >= 4 is 17.1 Å². The third-order valence-corrected chi connectivity index (χ3v) is 19.0. The fourth-order valence-corrected chi connectivity index (χ4v) is 15.8. The monoisotopic (exact) mass is 893 g/mol. The van der Waals surface area contributed by atoms with Crippen LogP contribution in [0.3, 0.4) is 0 Å². The maximum atomic E-state index is 10.3. The average molecular weight is 894 g/mol. The molecule has 0 aromatic heterocycles. The van der Waals surface area contributed by atoms with Gasteiger partial charge >= 0.3 is 0 Å². The second kappa shape index (κ2) is 15.0. The first kappa shape index (κ1) is 38.4. The highest BCUT2D eigenvalue weighted by Gasteiger charge is 2.54. The van der Waals surface area contributed by atoms with Crippen LogP contribution in [0.1, 0.15) is 137 Å². The van der Waals surface area contributed by atoms with Gasteiger partial charge in [0, 0.05) is 25.0 Å². The first-order valence-corrected chi connectivity index (χ1v) is 26.4. The van der Waals surface area contributed by atoms with Crippen molar-refractivity contribution in [3.8, 4) is 44.5 Å². The van der Waals surface area contributed by atoms with Crippen LogP contribution >= 0.6 is 0 Å². The Hall–Kier alpha value is -6.44. The van der Waals surface area contributed by atoms with Crippen LogP contribution < -0.4 is 4.90 Å². The largest absolute Gasteiger partial charge is 0.309 e. The summed E-state index contributed by atoms with van der Waals surface area (Å²) in [7, 11) is 0. The van der Waals surface area contributed by atoms with E-state index in [1.807, 2.05) is 0 Å². The highest BCUT2D eigenvalue weighted by molar-refractivity contribution is 6.03. The van der Waals surface area contributed by atoms with E-state index in [1.54, 1.807) is 0 Å². The summed E-state index contributed by atoms with van der Waals surface area (Å²) in [5.74, 6) is 1.45. The molecule has 0 heterocycles. The molecule has 1 spiro atoms. The van der Waals surface area contributed by atoms with Crippen molar-refractivity contribution in [2.24, 2.45) is 23.7 Å². The van der Waals surface area contributed by atoms with Gasteiger partial charge in [0.25, 0.3) is 0 Å². The van der Waals surface area contributed by atoms with Crippen molar-refractivity contribution in [2.75, 3.05) is 4.90 Å². The van der Waals surface area contributed by atoms with E-state index in [0.717, 1.165) is 42.7 Å². The van der Waals surface area contributed by atoms with E-state index in [2.05, 4.69) is 195 Å². The number of anilines is 3. The van der Waals surface area contributed by atoms with Gasteiger partial charge in [-0.2, -0.15) is 0 Å². The van der Waals surface area contributed by atoms with E-state index in [1.165, 1.54) is 128 Å². The Morgan fingerprint density at radius 3 is 1.55 bits per heavy atom. The van der Waals surface area contributed by atoms with Crippen LogP contribution in [0.25, 0.3) is 44.5 Å². The fraction of sp³-hybridized carbons (Fsp3) is 0.294. The molecule has 0 amide bonds. The third kappa shape index (κ3) is 5.71. The maximum absolute atomic E-state index is 10.3. The van der Waals surface area contributed by atoms with Crippen LogP contribution in [0, 0.1) is 23.7 Å². The molecule has 338 valence electrons. The molecule has 1 nitrogen and oxygen atoms in total. The van der Waals surface area contributed by atoms with Gasteiger partial charge in [0.15, 0.2) is 0 Å². The molecule has 15 rings (SSSR count). The van der Waals surface area contributed by atoms with Gasteiger partial charge in [-0.3, -0.25) is 0 Å². The lowest BCUT2D eigenvalue weighted by molar-refractivity contribution is 0.457. The maximum Gasteiger partial charge on any atom is 0.0726 e. The molecular weight excluding hydrogens is 831 g/mol. The molecule has 0 bridgehead atoms. The molecule has 0 aliphatic heterocycles. The van der Waals surface area contributed by atoms with Crippen molar-refractivity contribution in [3.05, 3.63) is 220 Å². The first-order valence-electron chi connectivity index (χ1n) is 27.4. The van der Waals surface area contributed by atoms with Gasteiger partial charge in [0.2, 0.25) is 0 Å². The molecule has 4 saturated carbocycles. The van der Waals surface area contributed by atoms with Gasteiger partial charge < -0.3 is 4.90 Å². The van der Waals surface area contributed by atoms with Gasteiger partial charge in [-0.25, -0.2) is 0 Å². The lowest BCUT2D eigenvalue weighted by Gasteiger charge is -2.33. The van der Waals surface area contributed by atoms with Gasteiger partial charge in [-0.1, -0.05) is 204 Å². The Morgan fingerprint density at radius 2 is 0.899 bits per heavy atom. The summed E-state index contributed by atoms with van der Waals surface area (Å²) in [6.07, 6.45) is 11.5. The number of fused-ring (bicyclic) bond motifs is 15. The van der Waals surface area contributed by atoms with Crippen LogP contribution in [-0.2, 0) is 10.8 Å². The molecule has 8 aromatic rings. The van der Waals surface area contributed by atoms with E-state index in [4.69, 9.17) is 0 Å². The molecular formula is C68H61N. The smallest absolute Gasteiger partial charge is 0.0726 e. The average Bonchev–Trinajstić information content (AvgIpc) is 4.28. The second-order valence-electron chi connectivity index (χ2n) is 22.6. The van der Waals surface area contributed by atoms with Crippen molar-refractivity contribution < 1.29 is 2.74 Å². The molecule has 8 aromatic carbocycles. The van der Waals surface area contributed by atoms with E-state index in [9.17, 15) is 2.74 Å². The first-order chi connectivity index (χ1) is 34.6. The summed E-state index contributed by atoms with van der Waals surface area (Å²) < 4.78 is 20.6. The zero-order valence-corrected chi connectivity index (χ0v) is 40.1. The second-order valence-corrected chi connectivity index (χ2v) is 22.6. The minimum Gasteiger partial charge on any atom is -0.309 e. The van der Waals surface area contributed by atoms with E-state index >= 15 is 0 Å². The molecule has 1 heteroatoms. The summed E-state index contributed by atoms with van der Waals surface area (Å²) in [6.45, 7) is 4.78. The quantitative estimate of drug-likeness (QED) is 0.161. The summed E-state index contributed by atoms with van der Waals surface area (Å²) in [6, 6.07) is 67.0. The molecule has 0 saturated heterocycles. The highest BCUT2D eigenvalue weighted by atomic mass is 15.1. The van der Waals surface area contributed by atoms with E-state index in [-0.39, 0.29) is 5.41 Å². The highest BCUT2D eigenvalue weighted by Crippen LogP contribution is 2.66. The van der Waals surface area contributed by atoms with Gasteiger partial charge in [0.1, 0.15) is 0 Å². The van der Waals surface area contributed by atoms with Crippen molar-refractivity contribution in [3.63, 3.8) is 0 Å². The lowest BCUT2D eigenvalue weighted by atomic mass is 9.69. The topological polar surface area (TPSA) is 3.24 Å². The van der Waals surface area contributed by atoms with Crippen LogP contribution in [0.5, 0.6) is 0 Å². The van der Waals surface area contributed by atoms with Crippen LogP contribution in [0.2, 0.25) is 0 Å². The van der Waals surface area contributed by atoms with Crippen molar-refractivity contribution in [1.82, 2.24) is 0 Å². The minimum atomic E-state index is -0.638. The van der Waals surface area contributed by atoms with Crippen molar-refractivity contribution in [1.29, 1.82) is 0 Å². The van der Waals surface area contributed by atoms with Gasteiger partial charge in [-0.15, -0.1) is 0 Å². The molecule has 7 aliphatic rings. The Balaban J connectivity index is 0.997. The molecule has 0 N–H and O–H groups in total. The number of para-hydroxylation sites is 1. The summed E-state index contributed by atoms with van der Waals surface area (Å²) in [5.41, 5.74) is 23.0. The molecule has 4 atom stereocenters. The van der Waals surface area contributed by atoms with Gasteiger partial charge in [0.05, 0.1) is 16.8 Å². The number of rotatable bonds is 6. The Labute approximate surface area is 412 Å². The van der Waals surface area contributed by atoms with E-state index < -0.39 is 17.2 Å². The zero-order valence-electron chi connectivity index (χ0n) is 42.1. The number of hydrogen-bond acceptors (Lipinski definition) is 1.